The lowest BCUT2D eigenvalue weighted by molar-refractivity contribution is 0.0754. The van der Waals surface area contributed by atoms with E-state index in [0.29, 0.717) is 16.6 Å². The second kappa shape index (κ2) is 5.56. The number of aryl methyl sites for hydroxylation is 2. The van der Waals surface area contributed by atoms with Crippen molar-refractivity contribution < 1.29 is 4.79 Å². The number of carbonyl (C=O) groups excluding carboxylic acids is 1. The molecule has 0 saturated carbocycles. The van der Waals surface area contributed by atoms with Crippen LogP contribution in [0.25, 0.3) is 0 Å². The van der Waals surface area contributed by atoms with Crippen molar-refractivity contribution in [3.05, 3.63) is 41.2 Å². The fourth-order valence-electron chi connectivity index (χ4n) is 2.97. The quantitative estimate of drug-likeness (QED) is 0.872. The summed E-state index contributed by atoms with van der Waals surface area (Å²) in [5.74, 6) is 1.59. The molecule has 0 unspecified atom stereocenters. The van der Waals surface area contributed by atoms with Crippen molar-refractivity contribution in [3.8, 4) is 0 Å². The number of rotatable bonds is 3. The Morgan fingerprint density at radius 1 is 1.57 bits per heavy atom. The van der Waals surface area contributed by atoms with Gasteiger partial charge in [0.05, 0.1) is 5.02 Å². The van der Waals surface area contributed by atoms with Crippen LogP contribution < -0.4 is 0 Å². The fraction of sp³-hybridized carbons (Fsp3) is 0.467. The summed E-state index contributed by atoms with van der Waals surface area (Å²) in [5, 5.41) is 0.592. The summed E-state index contributed by atoms with van der Waals surface area (Å²) in [4.78, 5) is 18.6. The lowest BCUT2D eigenvalue weighted by Crippen LogP contribution is -2.35. The molecule has 2 aromatic heterocycles. The Balaban J connectivity index is 1.65. The van der Waals surface area contributed by atoms with E-state index in [1.165, 1.54) is 0 Å². The van der Waals surface area contributed by atoms with E-state index in [1.807, 2.05) is 26.5 Å². The standard InChI is InChI=1S/C15H19ClN4O/c1-18-10-12(16)8-13(18)15(21)19(2)9-11-3-5-20-6-4-17-14(20)7-11/h4,6,8,10-11H,3,5,7,9H2,1-2H3/t11-/m1/s1. The van der Waals surface area contributed by atoms with Crippen LogP contribution in [-0.4, -0.2) is 38.5 Å². The average Bonchev–Trinajstić information content (AvgIpc) is 3.03. The highest BCUT2D eigenvalue weighted by Crippen LogP contribution is 2.21. The van der Waals surface area contributed by atoms with Gasteiger partial charge in [0.15, 0.2) is 0 Å². The van der Waals surface area contributed by atoms with Crippen LogP contribution in [0.2, 0.25) is 5.02 Å². The summed E-state index contributed by atoms with van der Waals surface area (Å²) in [6.45, 7) is 1.73. The summed E-state index contributed by atoms with van der Waals surface area (Å²) in [5.41, 5.74) is 0.625. The molecule has 0 saturated heterocycles. The van der Waals surface area contributed by atoms with Gasteiger partial charge in [-0.05, 0) is 18.4 Å². The fourth-order valence-corrected chi connectivity index (χ4v) is 3.22. The molecular formula is C15H19ClN4O. The van der Waals surface area contributed by atoms with E-state index in [-0.39, 0.29) is 5.91 Å². The van der Waals surface area contributed by atoms with Crippen LogP contribution in [0.1, 0.15) is 22.7 Å². The van der Waals surface area contributed by atoms with Gasteiger partial charge in [0, 0.05) is 52.2 Å². The molecule has 0 N–H and O–H groups in total. The zero-order valence-electron chi connectivity index (χ0n) is 12.3. The Morgan fingerprint density at radius 2 is 2.38 bits per heavy atom. The van der Waals surface area contributed by atoms with Crippen molar-refractivity contribution in [1.82, 2.24) is 19.0 Å². The molecule has 0 aliphatic carbocycles. The third-order valence-corrected chi connectivity index (χ3v) is 4.33. The molecule has 0 radical (unpaired) electrons. The number of carbonyl (C=O) groups is 1. The molecule has 1 amide bonds. The van der Waals surface area contributed by atoms with Crippen molar-refractivity contribution >= 4 is 17.5 Å². The minimum atomic E-state index is 0.0123. The Labute approximate surface area is 129 Å². The average molecular weight is 307 g/mol. The van der Waals surface area contributed by atoms with Crippen molar-refractivity contribution in [3.63, 3.8) is 0 Å². The van der Waals surface area contributed by atoms with Gasteiger partial charge in [-0.2, -0.15) is 0 Å². The number of imidazole rings is 1. The monoisotopic (exact) mass is 306 g/mol. The maximum absolute atomic E-state index is 12.5. The zero-order chi connectivity index (χ0) is 15.0. The third-order valence-electron chi connectivity index (χ3n) is 4.12. The van der Waals surface area contributed by atoms with Gasteiger partial charge in [-0.15, -0.1) is 0 Å². The number of hydrogen-bond donors (Lipinski definition) is 0. The van der Waals surface area contributed by atoms with E-state index in [1.54, 1.807) is 21.7 Å². The van der Waals surface area contributed by atoms with Gasteiger partial charge in [0.2, 0.25) is 0 Å². The second-order valence-electron chi connectivity index (χ2n) is 5.74. The number of fused-ring (bicyclic) bond motifs is 1. The molecule has 3 rings (SSSR count). The van der Waals surface area contributed by atoms with E-state index >= 15 is 0 Å². The molecule has 0 bridgehead atoms. The van der Waals surface area contributed by atoms with Crippen LogP contribution >= 0.6 is 11.6 Å². The van der Waals surface area contributed by atoms with E-state index in [4.69, 9.17) is 11.6 Å². The molecule has 0 aromatic carbocycles. The molecule has 2 aromatic rings. The Kier molecular flexibility index (Phi) is 3.76. The molecule has 112 valence electrons. The number of amides is 1. The van der Waals surface area contributed by atoms with Gasteiger partial charge in [0.1, 0.15) is 11.5 Å². The van der Waals surface area contributed by atoms with E-state index in [0.717, 1.165) is 31.8 Å². The maximum atomic E-state index is 12.5. The first kappa shape index (κ1) is 14.2. The largest absolute Gasteiger partial charge is 0.345 e. The molecular weight excluding hydrogens is 288 g/mol. The Bertz CT molecular complexity index is 660. The minimum absolute atomic E-state index is 0.0123. The van der Waals surface area contributed by atoms with Crippen LogP contribution in [0.4, 0.5) is 0 Å². The summed E-state index contributed by atoms with van der Waals surface area (Å²) in [6, 6.07) is 1.72. The SMILES string of the molecule is CN(C[C@@H]1CCn2ccnc2C1)C(=O)c1cc(Cl)cn1C. The normalized spacial score (nSPS) is 17.6. The lowest BCUT2D eigenvalue weighted by atomic mass is 9.97. The van der Waals surface area contributed by atoms with Crippen LogP contribution in [0.15, 0.2) is 24.7 Å². The van der Waals surface area contributed by atoms with Gasteiger partial charge in [-0.3, -0.25) is 4.79 Å². The maximum Gasteiger partial charge on any atom is 0.270 e. The highest BCUT2D eigenvalue weighted by Gasteiger charge is 2.23. The van der Waals surface area contributed by atoms with Gasteiger partial charge in [-0.25, -0.2) is 4.98 Å². The van der Waals surface area contributed by atoms with Gasteiger partial charge < -0.3 is 14.0 Å². The van der Waals surface area contributed by atoms with Crippen LogP contribution in [0.3, 0.4) is 0 Å². The van der Waals surface area contributed by atoms with E-state index in [9.17, 15) is 4.79 Å². The minimum Gasteiger partial charge on any atom is -0.345 e. The smallest absolute Gasteiger partial charge is 0.270 e. The zero-order valence-corrected chi connectivity index (χ0v) is 13.0. The highest BCUT2D eigenvalue weighted by molar-refractivity contribution is 6.31. The molecule has 5 nitrogen and oxygen atoms in total. The highest BCUT2D eigenvalue weighted by atomic mass is 35.5. The molecule has 1 aliphatic rings. The molecule has 0 spiro atoms. The van der Waals surface area contributed by atoms with Gasteiger partial charge in [0.25, 0.3) is 5.91 Å². The summed E-state index contributed by atoms with van der Waals surface area (Å²) in [7, 11) is 3.69. The number of nitrogens with zero attached hydrogens (tertiary/aromatic N) is 4. The molecule has 1 atom stereocenters. The molecule has 21 heavy (non-hydrogen) atoms. The first-order valence-corrected chi connectivity index (χ1v) is 7.49. The molecule has 6 heteroatoms. The third kappa shape index (κ3) is 2.83. The lowest BCUT2D eigenvalue weighted by Gasteiger charge is -2.27. The predicted octanol–water partition coefficient (Wildman–Crippen LogP) is 2.21. The van der Waals surface area contributed by atoms with Crippen LogP contribution in [0.5, 0.6) is 0 Å². The van der Waals surface area contributed by atoms with Crippen LogP contribution in [0, 0.1) is 5.92 Å². The summed E-state index contributed by atoms with van der Waals surface area (Å²) >= 11 is 5.95. The van der Waals surface area contributed by atoms with Crippen LogP contribution in [-0.2, 0) is 20.0 Å². The Hall–Kier alpha value is -1.75. The van der Waals surface area contributed by atoms with E-state index in [2.05, 4.69) is 9.55 Å². The number of halogens is 1. The van der Waals surface area contributed by atoms with Gasteiger partial charge >= 0.3 is 0 Å². The molecule has 3 heterocycles. The number of aromatic nitrogens is 3. The summed E-state index contributed by atoms with van der Waals surface area (Å²) in [6.07, 6.45) is 7.62. The van der Waals surface area contributed by atoms with Crippen molar-refractivity contribution in [1.29, 1.82) is 0 Å². The second-order valence-corrected chi connectivity index (χ2v) is 6.17. The van der Waals surface area contributed by atoms with Crippen molar-refractivity contribution in [2.45, 2.75) is 19.4 Å². The van der Waals surface area contributed by atoms with E-state index < -0.39 is 0 Å². The number of hydrogen-bond acceptors (Lipinski definition) is 2. The molecule has 1 aliphatic heterocycles. The van der Waals surface area contributed by atoms with Crippen molar-refractivity contribution in [2.75, 3.05) is 13.6 Å². The summed E-state index contributed by atoms with van der Waals surface area (Å²) < 4.78 is 3.96. The predicted molar refractivity (Wildman–Crippen MR) is 81.4 cm³/mol. The molecule has 0 fully saturated rings. The first-order chi connectivity index (χ1) is 10.0. The first-order valence-electron chi connectivity index (χ1n) is 7.12. The Morgan fingerprint density at radius 3 is 3.10 bits per heavy atom. The van der Waals surface area contributed by atoms with Gasteiger partial charge in [-0.1, -0.05) is 11.6 Å². The topological polar surface area (TPSA) is 43.1 Å². The van der Waals surface area contributed by atoms with Crippen molar-refractivity contribution in [2.24, 2.45) is 13.0 Å².